The highest BCUT2D eigenvalue weighted by atomic mass is 16.5. The molecule has 5 heteroatoms. The summed E-state index contributed by atoms with van der Waals surface area (Å²) in [6.07, 6.45) is 0.981. The fraction of sp³-hybridized carbons (Fsp3) is 0.533. The molecule has 1 atom stereocenters. The highest BCUT2D eigenvalue weighted by Crippen LogP contribution is 2.32. The molecule has 0 saturated carbocycles. The normalized spacial score (nSPS) is 17.1. The van der Waals surface area contributed by atoms with E-state index in [1.54, 1.807) is 7.11 Å². The van der Waals surface area contributed by atoms with Crippen LogP contribution in [0, 0.1) is 0 Å². The molecule has 0 radical (unpaired) electrons. The monoisotopic (exact) mass is 278 g/mol. The van der Waals surface area contributed by atoms with Crippen LogP contribution in [0.2, 0.25) is 0 Å². The Hall–Kier alpha value is -1.59. The molecule has 0 saturated heterocycles. The van der Waals surface area contributed by atoms with Crippen molar-refractivity contribution in [2.75, 3.05) is 40.0 Å². The quantitative estimate of drug-likeness (QED) is 0.728. The Bertz CT molecular complexity index is 437. The van der Waals surface area contributed by atoms with Crippen LogP contribution in [0.1, 0.15) is 17.9 Å². The van der Waals surface area contributed by atoms with Crippen molar-refractivity contribution in [3.63, 3.8) is 0 Å². The topological polar surface area (TPSA) is 59.6 Å². The van der Waals surface area contributed by atoms with Crippen molar-refractivity contribution < 1.29 is 14.3 Å². The molecule has 0 aliphatic carbocycles. The Morgan fingerprint density at radius 3 is 3.15 bits per heavy atom. The lowest BCUT2D eigenvalue weighted by atomic mass is 9.93. The van der Waals surface area contributed by atoms with Gasteiger partial charge in [0.25, 0.3) is 0 Å². The van der Waals surface area contributed by atoms with Crippen molar-refractivity contribution in [1.82, 2.24) is 10.6 Å². The zero-order valence-electron chi connectivity index (χ0n) is 11.9. The van der Waals surface area contributed by atoms with Crippen molar-refractivity contribution in [2.24, 2.45) is 0 Å². The zero-order chi connectivity index (χ0) is 14.2. The number of hydrogen-bond acceptors (Lipinski definition) is 4. The molecule has 110 valence electrons. The van der Waals surface area contributed by atoms with E-state index in [9.17, 15) is 4.79 Å². The van der Waals surface area contributed by atoms with Crippen molar-refractivity contribution in [3.05, 3.63) is 29.8 Å². The van der Waals surface area contributed by atoms with E-state index in [0.29, 0.717) is 25.6 Å². The molecule has 0 aromatic heterocycles. The Morgan fingerprint density at radius 1 is 1.45 bits per heavy atom. The molecule has 2 rings (SSSR count). The average molecular weight is 278 g/mol. The minimum absolute atomic E-state index is 0.00222. The summed E-state index contributed by atoms with van der Waals surface area (Å²) in [6, 6.07) is 8.11. The van der Waals surface area contributed by atoms with Gasteiger partial charge in [-0.25, -0.2) is 0 Å². The number of rotatable bonds is 7. The Labute approximate surface area is 119 Å². The summed E-state index contributed by atoms with van der Waals surface area (Å²) in [5, 5.41) is 6.00. The molecule has 0 bridgehead atoms. The Balaban J connectivity index is 1.74. The van der Waals surface area contributed by atoms with Crippen LogP contribution in [0.5, 0.6) is 5.75 Å². The van der Waals surface area contributed by atoms with Crippen LogP contribution >= 0.6 is 0 Å². The molecule has 0 spiro atoms. The van der Waals surface area contributed by atoms with Gasteiger partial charge in [-0.2, -0.15) is 0 Å². The van der Waals surface area contributed by atoms with Gasteiger partial charge in [0.05, 0.1) is 19.8 Å². The molecule has 1 unspecified atom stereocenters. The van der Waals surface area contributed by atoms with E-state index in [2.05, 4.69) is 16.7 Å². The van der Waals surface area contributed by atoms with E-state index in [-0.39, 0.29) is 5.91 Å². The number of hydrogen-bond donors (Lipinski definition) is 2. The Morgan fingerprint density at radius 2 is 2.30 bits per heavy atom. The van der Waals surface area contributed by atoms with E-state index in [1.165, 1.54) is 5.56 Å². The van der Waals surface area contributed by atoms with Gasteiger partial charge in [-0.1, -0.05) is 18.2 Å². The minimum atomic E-state index is 0.00222. The minimum Gasteiger partial charge on any atom is -0.493 e. The summed E-state index contributed by atoms with van der Waals surface area (Å²) in [5.74, 6) is 1.38. The third-order valence-corrected chi connectivity index (χ3v) is 3.39. The molecule has 1 aliphatic rings. The summed E-state index contributed by atoms with van der Waals surface area (Å²) in [7, 11) is 1.62. The number of methoxy groups -OCH3 is 1. The molecule has 1 aromatic carbocycles. The first-order chi connectivity index (χ1) is 9.81. The molecule has 0 fully saturated rings. The maximum atomic E-state index is 11.6. The molecule has 5 nitrogen and oxygen atoms in total. The smallest absolute Gasteiger partial charge is 0.234 e. The lowest BCUT2D eigenvalue weighted by Gasteiger charge is -2.26. The number of nitrogens with one attached hydrogen (secondary N) is 2. The van der Waals surface area contributed by atoms with Crippen LogP contribution in [-0.2, 0) is 9.53 Å². The van der Waals surface area contributed by atoms with Gasteiger partial charge in [0, 0.05) is 26.1 Å². The maximum absolute atomic E-state index is 11.6. The van der Waals surface area contributed by atoms with E-state index < -0.39 is 0 Å². The lowest BCUT2D eigenvalue weighted by molar-refractivity contribution is -0.120. The van der Waals surface area contributed by atoms with E-state index in [0.717, 1.165) is 25.3 Å². The number of ether oxygens (including phenoxy) is 2. The van der Waals surface area contributed by atoms with Crippen molar-refractivity contribution in [2.45, 2.75) is 12.3 Å². The molecular weight excluding hydrogens is 256 g/mol. The molecule has 1 amide bonds. The number of carbonyl (C=O) groups is 1. The largest absolute Gasteiger partial charge is 0.493 e. The number of para-hydroxylation sites is 1. The van der Waals surface area contributed by atoms with Crippen LogP contribution in [0.15, 0.2) is 24.3 Å². The van der Waals surface area contributed by atoms with Gasteiger partial charge >= 0.3 is 0 Å². The van der Waals surface area contributed by atoms with E-state index in [4.69, 9.17) is 9.47 Å². The number of carbonyl (C=O) groups excluding carboxylic acids is 1. The van der Waals surface area contributed by atoms with Gasteiger partial charge in [-0.05, 0) is 18.1 Å². The van der Waals surface area contributed by atoms with E-state index in [1.807, 2.05) is 18.2 Å². The second kappa shape index (κ2) is 7.87. The predicted octanol–water partition coefficient (Wildman–Crippen LogP) is 0.905. The number of fused-ring (bicyclic) bond motifs is 1. The summed E-state index contributed by atoms with van der Waals surface area (Å²) in [5.41, 5.74) is 1.23. The second-order valence-corrected chi connectivity index (χ2v) is 4.85. The molecule has 2 N–H and O–H groups in total. The van der Waals surface area contributed by atoms with Gasteiger partial charge in [0.1, 0.15) is 5.75 Å². The van der Waals surface area contributed by atoms with Crippen molar-refractivity contribution in [1.29, 1.82) is 0 Å². The Kier molecular flexibility index (Phi) is 5.83. The first-order valence-electron chi connectivity index (χ1n) is 6.99. The fourth-order valence-electron chi connectivity index (χ4n) is 2.34. The molecule has 1 aromatic rings. The van der Waals surface area contributed by atoms with Crippen LogP contribution in [0.25, 0.3) is 0 Å². The molecule has 20 heavy (non-hydrogen) atoms. The summed E-state index contributed by atoms with van der Waals surface area (Å²) in [4.78, 5) is 11.6. The van der Waals surface area contributed by atoms with Crippen LogP contribution < -0.4 is 15.4 Å². The van der Waals surface area contributed by atoms with Crippen molar-refractivity contribution in [3.8, 4) is 5.75 Å². The third-order valence-electron chi connectivity index (χ3n) is 3.39. The third kappa shape index (κ3) is 4.21. The fourth-order valence-corrected chi connectivity index (χ4v) is 2.34. The molecule has 1 heterocycles. The van der Waals surface area contributed by atoms with Crippen LogP contribution in [-0.4, -0.2) is 45.9 Å². The first kappa shape index (κ1) is 14.8. The maximum Gasteiger partial charge on any atom is 0.234 e. The van der Waals surface area contributed by atoms with Gasteiger partial charge in [-0.3, -0.25) is 4.79 Å². The van der Waals surface area contributed by atoms with Crippen LogP contribution in [0.3, 0.4) is 0 Å². The average Bonchev–Trinajstić information content (AvgIpc) is 2.48. The van der Waals surface area contributed by atoms with Crippen molar-refractivity contribution >= 4 is 5.91 Å². The summed E-state index contributed by atoms with van der Waals surface area (Å²) >= 11 is 0. The molecular formula is C15H22N2O3. The molecule has 1 aliphatic heterocycles. The van der Waals surface area contributed by atoms with Gasteiger partial charge in [0.2, 0.25) is 5.91 Å². The van der Waals surface area contributed by atoms with Crippen LogP contribution in [0.4, 0.5) is 0 Å². The van der Waals surface area contributed by atoms with Gasteiger partial charge in [0.15, 0.2) is 0 Å². The highest BCUT2D eigenvalue weighted by molar-refractivity contribution is 5.77. The zero-order valence-corrected chi connectivity index (χ0v) is 11.9. The SMILES string of the molecule is COCCNC(=O)CNCC1CCOc2ccccc21. The van der Waals surface area contributed by atoms with E-state index >= 15 is 0 Å². The summed E-state index contributed by atoms with van der Waals surface area (Å²) in [6.45, 7) is 2.96. The predicted molar refractivity (Wildman–Crippen MR) is 77.1 cm³/mol. The summed E-state index contributed by atoms with van der Waals surface area (Å²) < 4.78 is 10.5. The number of benzene rings is 1. The second-order valence-electron chi connectivity index (χ2n) is 4.85. The first-order valence-corrected chi connectivity index (χ1v) is 6.99. The number of amides is 1. The lowest BCUT2D eigenvalue weighted by Crippen LogP contribution is -2.37. The van der Waals surface area contributed by atoms with Gasteiger partial charge < -0.3 is 20.1 Å². The standard InChI is InChI=1S/C15H22N2O3/c1-19-9-7-17-15(18)11-16-10-12-6-8-20-14-5-3-2-4-13(12)14/h2-5,12,16H,6-11H2,1H3,(H,17,18). The highest BCUT2D eigenvalue weighted by Gasteiger charge is 2.20. The van der Waals surface area contributed by atoms with Gasteiger partial charge in [-0.15, -0.1) is 0 Å².